The van der Waals surface area contributed by atoms with Crippen LogP contribution in [0.25, 0.3) is 0 Å². The number of aromatic nitrogens is 1. The van der Waals surface area contributed by atoms with Crippen LogP contribution in [0, 0.1) is 5.82 Å². The second kappa shape index (κ2) is 7.26. The van der Waals surface area contributed by atoms with E-state index < -0.39 is 33.5 Å². The van der Waals surface area contributed by atoms with E-state index in [4.69, 9.17) is 0 Å². The van der Waals surface area contributed by atoms with E-state index in [1.54, 1.807) is 0 Å². The maximum Gasteiger partial charge on any atom is 0.422 e. The summed E-state index contributed by atoms with van der Waals surface area (Å²) in [5.74, 6) is -1.71. The maximum atomic E-state index is 14.3. The first-order valence-corrected chi connectivity index (χ1v) is 9.32. The summed E-state index contributed by atoms with van der Waals surface area (Å²) in [6.07, 6.45) is -3.18. The summed E-state index contributed by atoms with van der Waals surface area (Å²) in [5.41, 5.74) is 0.584. The predicted molar refractivity (Wildman–Crippen MR) is 89.9 cm³/mol. The number of pyridine rings is 1. The lowest BCUT2D eigenvalue weighted by atomic mass is 10.0. The summed E-state index contributed by atoms with van der Waals surface area (Å²) in [6.45, 7) is -1.54. The Kier molecular flexibility index (Phi) is 5.15. The molecule has 1 aliphatic rings. The monoisotopic (exact) mass is 419 g/mol. The molecule has 0 radical (unpaired) electrons. The average molecular weight is 419 g/mol. The average Bonchev–Trinajstić information content (AvgIpc) is 2.59. The van der Waals surface area contributed by atoms with Crippen molar-refractivity contribution >= 4 is 27.3 Å². The third kappa shape index (κ3) is 4.68. The first-order valence-electron chi connectivity index (χ1n) is 7.84. The van der Waals surface area contributed by atoms with Gasteiger partial charge in [-0.1, -0.05) is 0 Å². The first-order chi connectivity index (χ1) is 13.0. The zero-order valence-electron chi connectivity index (χ0n) is 14.0. The number of carbonyl (C=O) groups excluding carboxylic acids is 1. The van der Waals surface area contributed by atoms with Crippen LogP contribution in [-0.2, 0) is 21.2 Å². The second-order valence-corrected chi connectivity index (χ2v) is 7.53. The second-order valence-electron chi connectivity index (χ2n) is 5.88. The molecule has 12 heteroatoms. The highest BCUT2D eigenvalue weighted by molar-refractivity contribution is 7.92. The number of carbonyl (C=O) groups is 1. The lowest BCUT2D eigenvalue weighted by Gasteiger charge is -2.18. The third-order valence-electron chi connectivity index (χ3n) is 3.72. The number of benzene rings is 1. The minimum Gasteiger partial charge on any atom is -0.468 e. The molecule has 0 unspecified atom stereocenters. The number of anilines is 2. The normalized spacial score (nSPS) is 14.2. The zero-order chi connectivity index (χ0) is 20.5. The van der Waals surface area contributed by atoms with Gasteiger partial charge in [0.15, 0.2) is 6.61 Å². The quantitative estimate of drug-likeness (QED) is 0.727. The molecule has 150 valence electrons. The molecule has 2 aromatic rings. The van der Waals surface area contributed by atoms with Crippen LogP contribution in [0.3, 0.4) is 0 Å². The molecule has 28 heavy (non-hydrogen) atoms. The van der Waals surface area contributed by atoms with Gasteiger partial charge in [-0.25, -0.2) is 17.8 Å². The van der Waals surface area contributed by atoms with E-state index in [1.807, 2.05) is 0 Å². The van der Waals surface area contributed by atoms with Gasteiger partial charge >= 0.3 is 6.18 Å². The molecule has 1 aromatic carbocycles. The van der Waals surface area contributed by atoms with E-state index in [9.17, 15) is 30.8 Å². The molecular weight excluding hydrogens is 406 g/mol. The number of alkyl halides is 3. The molecule has 0 bridgehead atoms. The van der Waals surface area contributed by atoms with E-state index in [2.05, 4.69) is 19.8 Å². The SMILES string of the molecule is O=C1CCc2cc(S(=O)(=O)Nc3ccc(OCC(F)(F)F)nc3)c(F)cc2N1. The van der Waals surface area contributed by atoms with Crippen molar-refractivity contribution in [3.8, 4) is 5.88 Å². The van der Waals surface area contributed by atoms with Crippen molar-refractivity contribution in [2.24, 2.45) is 0 Å². The van der Waals surface area contributed by atoms with E-state index in [0.29, 0.717) is 5.56 Å². The number of hydrogen-bond donors (Lipinski definition) is 2. The summed E-state index contributed by atoms with van der Waals surface area (Å²) in [7, 11) is -4.34. The lowest BCUT2D eigenvalue weighted by molar-refractivity contribution is -0.154. The Bertz CT molecular complexity index is 1010. The number of amides is 1. The fraction of sp³-hybridized carbons (Fsp3) is 0.250. The fourth-order valence-electron chi connectivity index (χ4n) is 2.48. The molecule has 1 aromatic heterocycles. The van der Waals surface area contributed by atoms with Gasteiger partial charge in [-0.05, 0) is 30.2 Å². The van der Waals surface area contributed by atoms with E-state index in [0.717, 1.165) is 30.5 Å². The van der Waals surface area contributed by atoms with Gasteiger partial charge in [-0.2, -0.15) is 13.2 Å². The maximum absolute atomic E-state index is 14.3. The highest BCUT2D eigenvalue weighted by Crippen LogP contribution is 2.29. The standard InChI is InChI=1S/C16H13F4N3O4S/c17-11-6-12-9(1-3-14(24)22-12)5-13(11)28(25,26)23-10-2-4-15(21-7-10)27-8-16(18,19)20/h2,4-7,23H,1,3,8H2,(H,22,24). The van der Waals surface area contributed by atoms with Crippen LogP contribution in [0.1, 0.15) is 12.0 Å². The molecule has 2 heterocycles. The van der Waals surface area contributed by atoms with Gasteiger partial charge in [0, 0.05) is 18.2 Å². The van der Waals surface area contributed by atoms with Crippen molar-refractivity contribution in [3.63, 3.8) is 0 Å². The molecule has 7 nitrogen and oxygen atoms in total. The van der Waals surface area contributed by atoms with Crippen LogP contribution < -0.4 is 14.8 Å². The molecule has 0 saturated carbocycles. The van der Waals surface area contributed by atoms with E-state index >= 15 is 0 Å². The van der Waals surface area contributed by atoms with Crippen LogP contribution >= 0.6 is 0 Å². The van der Waals surface area contributed by atoms with Gasteiger partial charge in [0.25, 0.3) is 10.0 Å². The summed E-state index contributed by atoms with van der Waals surface area (Å²) in [6, 6.07) is 4.23. The fourth-order valence-corrected chi connectivity index (χ4v) is 3.63. The molecule has 0 fully saturated rings. The van der Waals surface area contributed by atoms with Gasteiger partial charge in [0.1, 0.15) is 10.7 Å². The molecule has 1 aliphatic heterocycles. The Balaban J connectivity index is 1.78. The van der Waals surface area contributed by atoms with Crippen LogP contribution in [0.5, 0.6) is 5.88 Å². The number of halogens is 4. The molecule has 1 amide bonds. The Hall–Kier alpha value is -2.89. The van der Waals surface area contributed by atoms with Crippen molar-refractivity contribution in [3.05, 3.63) is 41.8 Å². The number of nitrogens with zero attached hydrogens (tertiary/aromatic N) is 1. The largest absolute Gasteiger partial charge is 0.468 e. The van der Waals surface area contributed by atoms with Crippen molar-refractivity contribution < 1.29 is 35.5 Å². The molecule has 0 atom stereocenters. The number of ether oxygens (including phenoxy) is 1. The smallest absolute Gasteiger partial charge is 0.422 e. The van der Waals surface area contributed by atoms with Crippen molar-refractivity contribution in [1.82, 2.24) is 4.98 Å². The molecule has 3 rings (SSSR count). The van der Waals surface area contributed by atoms with Crippen molar-refractivity contribution in [2.45, 2.75) is 23.9 Å². The van der Waals surface area contributed by atoms with Crippen LogP contribution in [0.4, 0.5) is 28.9 Å². The number of rotatable bonds is 5. The molecule has 2 N–H and O–H groups in total. The molecule has 0 saturated heterocycles. The predicted octanol–water partition coefficient (Wildman–Crippen LogP) is 2.85. The first kappa shape index (κ1) is 19.9. The van der Waals surface area contributed by atoms with Crippen LogP contribution in [0.2, 0.25) is 0 Å². The molecular formula is C16H13F4N3O4S. The Morgan fingerprint density at radius 1 is 1.21 bits per heavy atom. The molecule has 0 aliphatic carbocycles. The van der Waals surface area contributed by atoms with Gasteiger partial charge < -0.3 is 10.1 Å². The summed E-state index contributed by atoms with van der Waals surface area (Å²) < 4.78 is 82.0. The minimum atomic E-state index is -4.54. The number of fused-ring (bicyclic) bond motifs is 1. The topological polar surface area (TPSA) is 97.4 Å². The Labute approximate surface area is 156 Å². The Morgan fingerprint density at radius 3 is 2.61 bits per heavy atom. The van der Waals surface area contributed by atoms with Gasteiger partial charge in [-0.15, -0.1) is 0 Å². The van der Waals surface area contributed by atoms with Crippen LogP contribution in [-0.4, -0.2) is 32.1 Å². The van der Waals surface area contributed by atoms with Crippen LogP contribution in [0.15, 0.2) is 35.4 Å². The van der Waals surface area contributed by atoms with Gasteiger partial charge in [0.05, 0.1) is 11.9 Å². The lowest BCUT2D eigenvalue weighted by Crippen LogP contribution is -2.21. The minimum absolute atomic E-state index is 0.0928. The van der Waals surface area contributed by atoms with Gasteiger partial charge in [0.2, 0.25) is 11.8 Å². The number of aryl methyl sites for hydroxylation is 1. The number of sulfonamides is 1. The highest BCUT2D eigenvalue weighted by Gasteiger charge is 2.29. The number of hydrogen-bond acceptors (Lipinski definition) is 5. The van der Waals surface area contributed by atoms with Gasteiger partial charge in [-0.3, -0.25) is 9.52 Å². The summed E-state index contributed by atoms with van der Waals surface area (Å²) in [5, 5.41) is 2.46. The highest BCUT2D eigenvalue weighted by atomic mass is 32.2. The summed E-state index contributed by atoms with van der Waals surface area (Å²) in [4.78, 5) is 14.3. The zero-order valence-corrected chi connectivity index (χ0v) is 14.8. The number of nitrogens with one attached hydrogen (secondary N) is 2. The summed E-state index contributed by atoms with van der Waals surface area (Å²) >= 11 is 0. The Morgan fingerprint density at radius 2 is 1.96 bits per heavy atom. The van der Waals surface area contributed by atoms with Crippen molar-refractivity contribution in [2.75, 3.05) is 16.6 Å². The van der Waals surface area contributed by atoms with Crippen molar-refractivity contribution in [1.29, 1.82) is 0 Å². The third-order valence-corrected chi connectivity index (χ3v) is 5.11. The van der Waals surface area contributed by atoms with E-state index in [-0.39, 0.29) is 36.0 Å². The van der Waals surface area contributed by atoms with E-state index in [1.165, 1.54) is 0 Å². The molecule has 0 spiro atoms.